The van der Waals surface area contributed by atoms with Gasteiger partial charge in [0.05, 0.1) is 30.3 Å². The molecule has 3 N–H and O–H groups in total. The molecule has 174 valence electrons. The summed E-state index contributed by atoms with van der Waals surface area (Å²) in [5, 5.41) is 0. The van der Waals surface area contributed by atoms with Crippen LogP contribution in [0.4, 0.5) is 10.3 Å². The molecule has 5 rings (SSSR count). The van der Waals surface area contributed by atoms with E-state index in [1.54, 1.807) is 18.3 Å². The summed E-state index contributed by atoms with van der Waals surface area (Å²) in [6.45, 7) is 5.36. The normalized spacial score (nSPS) is 23.6. The molecule has 0 bridgehead atoms. The van der Waals surface area contributed by atoms with Gasteiger partial charge in [-0.25, -0.2) is 19.3 Å². The van der Waals surface area contributed by atoms with Gasteiger partial charge in [0.2, 0.25) is 12.2 Å². The van der Waals surface area contributed by atoms with E-state index in [1.165, 1.54) is 18.6 Å². The Bertz CT molecular complexity index is 1090. The van der Waals surface area contributed by atoms with Crippen molar-refractivity contribution in [1.29, 1.82) is 0 Å². The molecule has 0 aliphatic carbocycles. The Morgan fingerprint density at radius 1 is 1.09 bits per heavy atom. The van der Waals surface area contributed by atoms with E-state index in [0.717, 1.165) is 37.2 Å². The van der Waals surface area contributed by atoms with Crippen LogP contribution in [0, 0.1) is 11.2 Å². The van der Waals surface area contributed by atoms with Crippen molar-refractivity contribution in [1.82, 2.24) is 19.9 Å². The number of nitrogens with zero attached hydrogens (tertiary/aromatic N) is 4. The van der Waals surface area contributed by atoms with Crippen LogP contribution in [0.25, 0.3) is 22.6 Å². The number of halogens is 1. The topological polar surface area (TPSA) is 102 Å². The highest BCUT2D eigenvalue weighted by Crippen LogP contribution is 2.35. The summed E-state index contributed by atoms with van der Waals surface area (Å²) in [6.07, 6.45) is 4.64. The van der Waals surface area contributed by atoms with E-state index in [0.29, 0.717) is 42.9 Å². The molecule has 0 spiro atoms. The van der Waals surface area contributed by atoms with Gasteiger partial charge in [0.15, 0.2) is 5.82 Å². The molecule has 0 radical (unpaired) electrons. The first-order valence-corrected chi connectivity index (χ1v) is 11.4. The van der Waals surface area contributed by atoms with Crippen molar-refractivity contribution < 1.29 is 13.9 Å². The smallest absolute Gasteiger partial charge is 0.225 e. The maximum absolute atomic E-state index is 13.6. The first-order chi connectivity index (χ1) is 16.0. The highest BCUT2D eigenvalue weighted by molar-refractivity contribution is 5.77. The van der Waals surface area contributed by atoms with Crippen LogP contribution in [0.3, 0.4) is 0 Å². The Kier molecular flexibility index (Phi) is 6.09. The third-order valence-electron chi connectivity index (χ3n) is 6.26. The third kappa shape index (κ3) is 4.62. The van der Waals surface area contributed by atoms with Gasteiger partial charge < -0.3 is 25.1 Å². The average Bonchev–Trinajstić information content (AvgIpc) is 3.31. The van der Waals surface area contributed by atoms with Crippen molar-refractivity contribution in [3.63, 3.8) is 0 Å². The molecule has 0 saturated carbocycles. The molecular formula is C24H29FN6O2. The number of hydrogen-bond donors (Lipinski definition) is 2. The van der Waals surface area contributed by atoms with Gasteiger partial charge in [-0.05, 0) is 49.6 Å². The van der Waals surface area contributed by atoms with Crippen molar-refractivity contribution in [2.24, 2.45) is 11.1 Å². The standard InChI is InChI=1S/C24H29FN6O2/c1-24(13-26)14-32-22(33-15-24)21-29-19(16-5-7-17(25)8-6-16)20(30-21)18-9-10-27-23(28-18)31-11-3-2-4-12-31/h5-10,22H,2-4,11-15,26H2,1H3,(H,29,30). The molecule has 0 amide bonds. The Balaban J connectivity index is 1.51. The largest absolute Gasteiger partial charge is 0.345 e. The van der Waals surface area contributed by atoms with Gasteiger partial charge in [-0.1, -0.05) is 6.92 Å². The van der Waals surface area contributed by atoms with E-state index in [1.807, 2.05) is 13.0 Å². The fourth-order valence-corrected chi connectivity index (χ4v) is 4.16. The minimum absolute atomic E-state index is 0.221. The lowest BCUT2D eigenvalue weighted by atomic mass is 9.93. The predicted octanol–water partition coefficient (Wildman–Crippen LogP) is 3.67. The number of anilines is 1. The number of benzene rings is 1. The van der Waals surface area contributed by atoms with E-state index >= 15 is 0 Å². The number of imidazole rings is 1. The Hall–Kier alpha value is -2.88. The summed E-state index contributed by atoms with van der Waals surface area (Å²) >= 11 is 0. The fraction of sp³-hybridized carbons (Fsp3) is 0.458. The molecule has 2 aliphatic rings. The van der Waals surface area contributed by atoms with Crippen LogP contribution < -0.4 is 10.6 Å². The maximum atomic E-state index is 13.6. The van der Waals surface area contributed by atoms with E-state index in [9.17, 15) is 4.39 Å². The molecule has 3 aromatic rings. The lowest BCUT2D eigenvalue weighted by Gasteiger charge is -2.35. The number of H-pyrrole nitrogens is 1. The zero-order chi connectivity index (χ0) is 22.8. The molecule has 2 aliphatic heterocycles. The van der Waals surface area contributed by atoms with Crippen LogP contribution in [0.15, 0.2) is 36.5 Å². The van der Waals surface area contributed by atoms with Gasteiger partial charge in [-0.3, -0.25) is 0 Å². The highest BCUT2D eigenvalue weighted by atomic mass is 19.1. The number of hydrogen-bond acceptors (Lipinski definition) is 7. The van der Waals surface area contributed by atoms with Gasteiger partial charge >= 0.3 is 0 Å². The molecule has 2 aromatic heterocycles. The summed E-state index contributed by atoms with van der Waals surface area (Å²) in [5.41, 5.74) is 8.50. The molecule has 2 saturated heterocycles. The molecule has 0 atom stereocenters. The van der Waals surface area contributed by atoms with Crippen LogP contribution in [0.1, 0.15) is 38.3 Å². The van der Waals surface area contributed by atoms with Crippen molar-refractivity contribution in [3.8, 4) is 22.6 Å². The number of aromatic nitrogens is 4. The van der Waals surface area contributed by atoms with Crippen LogP contribution in [-0.4, -0.2) is 52.8 Å². The Labute approximate surface area is 192 Å². The van der Waals surface area contributed by atoms with Crippen LogP contribution in [0.2, 0.25) is 0 Å². The summed E-state index contributed by atoms with van der Waals surface area (Å²) in [5.74, 6) is 0.948. The van der Waals surface area contributed by atoms with Gasteiger partial charge in [-0.2, -0.15) is 0 Å². The van der Waals surface area contributed by atoms with Crippen molar-refractivity contribution in [2.45, 2.75) is 32.5 Å². The summed E-state index contributed by atoms with van der Waals surface area (Å²) in [6, 6.07) is 8.12. The number of ether oxygens (including phenoxy) is 2. The summed E-state index contributed by atoms with van der Waals surface area (Å²) < 4.78 is 25.5. The second kappa shape index (κ2) is 9.17. The quantitative estimate of drug-likeness (QED) is 0.609. The average molecular weight is 453 g/mol. The van der Waals surface area contributed by atoms with Gasteiger partial charge in [0.25, 0.3) is 0 Å². The fourth-order valence-electron chi connectivity index (χ4n) is 4.16. The molecule has 4 heterocycles. The Morgan fingerprint density at radius 2 is 1.82 bits per heavy atom. The zero-order valence-corrected chi connectivity index (χ0v) is 18.8. The third-order valence-corrected chi connectivity index (χ3v) is 6.26. The number of nitrogens with two attached hydrogens (primary N) is 1. The zero-order valence-electron chi connectivity index (χ0n) is 18.8. The number of nitrogens with one attached hydrogen (secondary N) is 1. The first kappa shape index (κ1) is 21.9. The lowest BCUT2D eigenvalue weighted by Crippen LogP contribution is -2.42. The van der Waals surface area contributed by atoms with Crippen LogP contribution in [0.5, 0.6) is 0 Å². The van der Waals surface area contributed by atoms with Crippen LogP contribution in [-0.2, 0) is 9.47 Å². The summed E-state index contributed by atoms with van der Waals surface area (Å²) in [7, 11) is 0. The maximum Gasteiger partial charge on any atom is 0.225 e. The van der Waals surface area contributed by atoms with E-state index in [4.69, 9.17) is 25.2 Å². The first-order valence-electron chi connectivity index (χ1n) is 11.4. The molecule has 8 nitrogen and oxygen atoms in total. The molecule has 2 fully saturated rings. The van der Waals surface area contributed by atoms with E-state index in [2.05, 4.69) is 14.9 Å². The number of piperidine rings is 1. The van der Waals surface area contributed by atoms with Gasteiger partial charge in [-0.15, -0.1) is 0 Å². The van der Waals surface area contributed by atoms with Crippen molar-refractivity contribution in [2.75, 3.05) is 37.7 Å². The lowest BCUT2D eigenvalue weighted by molar-refractivity contribution is -0.231. The number of rotatable bonds is 5. The SMILES string of the molecule is CC1(CN)COC(c2nc(-c3ccc(F)cc3)c(-c3ccnc(N4CCCCC4)n3)[nH]2)OC1. The van der Waals surface area contributed by atoms with Gasteiger partial charge in [0.1, 0.15) is 5.82 Å². The van der Waals surface area contributed by atoms with Crippen LogP contribution >= 0.6 is 0 Å². The van der Waals surface area contributed by atoms with Crippen molar-refractivity contribution >= 4 is 5.95 Å². The Morgan fingerprint density at radius 3 is 2.52 bits per heavy atom. The molecule has 0 unspecified atom stereocenters. The summed E-state index contributed by atoms with van der Waals surface area (Å²) in [4.78, 5) is 19.7. The molecule has 9 heteroatoms. The minimum Gasteiger partial charge on any atom is -0.345 e. The predicted molar refractivity (Wildman–Crippen MR) is 123 cm³/mol. The minimum atomic E-state index is -0.638. The van der Waals surface area contributed by atoms with E-state index in [-0.39, 0.29) is 11.2 Å². The molecule has 33 heavy (non-hydrogen) atoms. The van der Waals surface area contributed by atoms with E-state index < -0.39 is 6.29 Å². The monoisotopic (exact) mass is 452 g/mol. The molecule has 1 aromatic carbocycles. The second-order valence-electron chi connectivity index (χ2n) is 9.11. The molecular weight excluding hydrogens is 423 g/mol. The van der Waals surface area contributed by atoms with Crippen molar-refractivity contribution in [3.05, 3.63) is 48.2 Å². The highest BCUT2D eigenvalue weighted by Gasteiger charge is 2.34. The van der Waals surface area contributed by atoms with Gasteiger partial charge in [0, 0.05) is 36.8 Å². The number of aromatic amines is 1. The second-order valence-corrected chi connectivity index (χ2v) is 9.11.